The summed E-state index contributed by atoms with van der Waals surface area (Å²) >= 11 is 6.81. The van der Waals surface area contributed by atoms with Crippen LogP contribution >= 0.6 is 11.6 Å². The summed E-state index contributed by atoms with van der Waals surface area (Å²) in [6.07, 6.45) is 7.50. The van der Waals surface area contributed by atoms with Crippen LogP contribution in [0.15, 0.2) is 48.6 Å². The van der Waals surface area contributed by atoms with E-state index in [4.69, 9.17) is 21.5 Å². The van der Waals surface area contributed by atoms with Crippen LogP contribution in [0.25, 0.3) is 0 Å². The van der Waals surface area contributed by atoms with Crippen LogP contribution in [-0.2, 0) is 21.9 Å². The summed E-state index contributed by atoms with van der Waals surface area (Å²) in [5.41, 5.74) is 2.47. The number of hydrogen-bond donors (Lipinski definition) is 3. The van der Waals surface area contributed by atoms with E-state index in [1.807, 2.05) is 0 Å². The molecule has 1 saturated carbocycles. The Balaban J connectivity index is 1.47. The summed E-state index contributed by atoms with van der Waals surface area (Å²) < 4.78 is 29.6. The van der Waals surface area contributed by atoms with E-state index in [0.717, 1.165) is 32.1 Å². The van der Waals surface area contributed by atoms with Crippen LogP contribution in [0.1, 0.15) is 67.4 Å². The first kappa shape index (κ1) is 29.9. The van der Waals surface area contributed by atoms with Gasteiger partial charge in [0.05, 0.1) is 34.2 Å². The summed E-state index contributed by atoms with van der Waals surface area (Å²) in [7, 11) is -3.64. The van der Waals surface area contributed by atoms with Gasteiger partial charge in [0.25, 0.3) is 0 Å². The molecule has 2 aromatic rings. The molecule has 4 N–H and O–H groups in total. The molecule has 222 valence electrons. The van der Waals surface area contributed by atoms with Crippen LogP contribution in [0.2, 0.25) is 5.02 Å². The molecule has 1 heterocycles. The third-order valence-corrected chi connectivity index (χ3v) is 11.4. The number of ether oxygens (including phenoxy) is 1. The van der Waals surface area contributed by atoms with E-state index >= 15 is 0 Å². The van der Waals surface area contributed by atoms with Gasteiger partial charge in [-0.05, 0) is 74.6 Å². The summed E-state index contributed by atoms with van der Waals surface area (Å²) in [5.74, 6) is -0.440. The fourth-order valence-electron chi connectivity index (χ4n) is 6.82. The topological polar surface area (TPSA) is 130 Å². The van der Waals surface area contributed by atoms with Gasteiger partial charge < -0.3 is 19.8 Å². The Morgan fingerprint density at radius 3 is 2.71 bits per heavy atom. The third-order valence-electron chi connectivity index (χ3n) is 9.74. The van der Waals surface area contributed by atoms with Crippen molar-refractivity contribution in [3.05, 3.63) is 70.3 Å². The van der Waals surface area contributed by atoms with E-state index in [-0.39, 0.29) is 28.3 Å². The maximum Gasteiger partial charge on any atom is 0.337 e. The highest BCUT2D eigenvalue weighted by molar-refractivity contribution is 7.89. The van der Waals surface area contributed by atoms with Gasteiger partial charge in [-0.15, -0.1) is 0 Å². The average molecular weight is 603 g/mol. The van der Waals surface area contributed by atoms with Gasteiger partial charge in [-0.3, -0.25) is 0 Å². The van der Waals surface area contributed by atoms with E-state index in [2.05, 4.69) is 36.1 Å². The largest absolute Gasteiger partial charge is 0.490 e. The first-order valence-corrected chi connectivity index (χ1v) is 16.2. The average Bonchev–Trinajstić information content (AvgIpc) is 3.08. The molecule has 0 unspecified atom stereocenters. The summed E-state index contributed by atoms with van der Waals surface area (Å²) in [4.78, 5) is 14.2. The van der Waals surface area contributed by atoms with Crippen molar-refractivity contribution in [2.24, 2.45) is 16.5 Å². The number of rotatable bonds is 8. The van der Waals surface area contributed by atoms with Crippen LogP contribution in [-0.4, -0.2) is 55.7 Å². The number of allylic oxidation sites excluding steroid dienone is 1. The van der Waals surface area contributed by atoms with Crippen molar-refractivity contribution >= 4 is 33.3 Å². The van der Waals surface area contributed by atoms with Gasteiger partial charge in [0.2, 0.25) is 10.0 Å². The number of sulfonamides is 1. The van der Waals surface area contributed by atoms with Crippen LogP contribution in [0.5, 0.6) is 5.75 Å². The van der Waals surface area contributed by atoms with E-state index < -0.39 is 32.8 Å². The van der Waals surface area contributed by atoms with Gasteiger partial charge in [0.1, 0.15) is 5.75 Å². The van der Waals surface area contributed by atoms with Crippen molar-refractivity contribution in [3.63, 3.8) is 0 Å². The number of anilines is 1. The van der Waals surface area contributed by atoms with Gasteiger partial charge in [-0.2, -0.15) is 0 Å². The van der Waals surface area contributed by atoms with Gasteiger partial charge in [-0.1, -0.05) is 54.9 Å². The van der Waals surface area contributed by atoms with Crippen molar-refractivity contribution in [2.75, 3.05) is 24.6 Å². The molecule has 5 atom stereocenters. The first-order chi connectivity index (χ1) is 19.4. The smallest absolute Gasteiger partial charge is 0.337 e. The van der Waals surface area contributed by atoms with Gasteiger partial charge in [-0.25, -0.2) is 18.4 Å². The number of carbonyl (C=O) groups is 1. The lowest BCUT2D eigenvalue weighted by atomic mass is 9.58. The monoisotopic (exact) mass is 602 g/mol. The number of aliphatic hydroxyl groups excluding tert-OH is 1. The number of halogens is 1. The fourth-order valence-corrected chi connectivity index (χ4v) is 7.55. The van der Waals surface area contributed by atoms with Crippen molar-refractivity contribution in [1.82, 2.24) is 0 Å². The minimum atomic E-state index is -3.64. The molecule has 8 nitrogen and oxygen atoms in total. The normalized spacial score (nSPS) is 27.3. The molecule has 2 aliphatic carbocycles. The van der Waals surface area contributed by atoms with E-state index in [9.17, 15) is 23.4 Å². The Morgan fingerprint density at radius 2 is 2.02 bits per heavy atom. The second kappa shape index (κ2) is 11.2. The molecule has 0 radical (unpaired) electrons. The molecule has 0 saturated heterocycles. The van der Waals surface area contributed by atoms with Gasteiger partial charge in [0.15, 0.2) is 0 Å². The predicted octanol–water partition coefficient (Wildman–Crippen LogP) is 4.91. The second-order valence-corrected chi connectivity index (χ2v) is 14.6. The minimum Gasteiger partial charge on any atom is -0.490 e. The van der Waals surface area contributed by atoms with Gasteiger partial charge >= 0.3 is 5.97 Å². The highest BCUT2D eigenvalue weighted by Crippen LogP contribution is 2.53. The molecule has 1 fully saturated rings. The van der Waals surface area contributed by atoms with Crippen molar-refractivity contribution in [2.45, 2.75) is 69.1 Å². The molecule has 1 aliphatic heterocycles. The number of fused-ring (bicyclic) bond motifs is 3. The molecule has 2 aromatic carbocycles. The van der Waals surface area contributed by atoms with Crippen molar-refractivity contribution in [1.29, 1.82) is 0 Å². The molecule has 0 aromatic heterocycles. The number of carboxylic acids is 1. The Morgan fingerprint density at radius 1 is 1.27 bits per heavy atom. The second-order valence-electron chi connectivity index (χ2n) is 12.3. The molecule has 1 spiro atoms. The Kier molecular flexibility index (Phi) is 8.20. The third kappa shape index (κ3) is 5.61. The van der Waals surface area contributed by atoms with Gasteiger partial charge in [0, 0.05) is 23.9 Å². The zero-order chi connectivity index (χ0) is 29.6. The van der Waals surface area contributed by atoms with Crippen LogP contribution in [0.4, 0.5) is 5.69 Å². The van der Waals surface area contributed by atoms with E-state index in [0.29, 0.717) is 31.1 Å². The molecule has 10 heteroatoms. The first-order valence-electron chi connectivity index (χ1n) is 14.2. The van der Waals surface area contributed by atoms with Crippen LogP contribution in [0, 0.1) is 11.3 Å². The highest BCUT2D eigenvalue weighted by atomic mass is 35.5. The zero-order valence-corrected chi connectivity index (χ0v) is 25.1. The lowest BCUT2D eigenvalue weighted by Crippen LogP contribution is -2.53. The quantitative estimate of drug-likeness (QED) is 0.366. The summed E-state index contributed by atoms with van der Waals surface area (Å²) in [6.45, 7) is 5.25. The number of nitrogens with zero attached hydrogens (tertiary/aromatic N) is 1. The molecule has 5 rings (SSSR count). The standard InChI is InChI=1S/C31H39ClN2O6S/c1-20(41(33,38)39)7-5-11-26(35)30(2)16-14-22(30)17-34-18-31(15-6-9-21-8-3-4-10-24(21)31)19-40-25-13-12-23(29(36)37)27(32)28(25)34/h3-5,8,10-13,20,22,26,35H,6-7,9,14-19H2,1-2H3,(H,36,37)(H2,33,38,39)/b11-5+/t20-,22-,26+,30+,31+/m1/s1. The van der Waals surface area contributed by atoms with E-state index in [1.165, 1.54) is 17.2 Å². The maximum atomic E-state index is 12.0. The van der Waals surface area contributed by atoms with Crippen LogP contribution in [0.3, 0.4) is 0 Å². The number of aromatic carboxylic acids is 1. The number of hydrogen-bond acceptors (Lipinski definition) is 6. The number of benzene rings is 2. The number of carboxylic acid groups (broad SMARTS) is 1. The summed E-state index contributed by atoms with van der Waals surface area (Å²) in [5, 5.41) is 25.7. The Hall–Kier alpha value is -2.59. The molecule has 3 aliphatic rings. The molecular weight excluding hydrogens is 564 g/mol. The van der Waals surface area contributed by atoms with Crippen LogP contribution < -0.4 is 14.8 Å². The lowest BCUT2D eigenvalue weighted by molar-refractivity contribution is -0.0469. The minimum absolute atomic E-state index is 0.0299. The van der Waals surface area contributed by atoms with E-state index in [1.54, 1.807) is 25.1 Å². The van der Waals surface area contributed by atoms with Crippen molar-refractivity contribution < 1.29 is 28.2 Å². The number of nitrogens with two attached hydrogens (primary N) is 1. The summed E-state index contributed by atoms with van der Waals surface area (Å²) in [6, 6.07) is 11.7. The number of aryl methyl sites for hydroxylation is 1. The van der Waals surface area contributed by atoms with Crippen molar-refractivity contribution in [3.8, 4) is 5.75 Å². The molecule has 0 bridgehead atoms. The fraction of sp³-hybridized carbons (Fsp3) is 0.516. The molecular formula is C31H39ClN2O6S. The lowest BCUT2D eigenvalue weighted by Gasteiger charge is -2.52. The highest BCUT2D eigenvalue weighted by Gasteiger charge is 2.49. The maximum absolute atomic E-state index is 12.0. The predicted molar refractivity (Wildman–Crippen MR) is 160 cm³/mol. The number of primary sulfonamides is 1. The molecule has 0 amide bonds. The Bertz CT molecular complexity index is 1460. The SMILES string of the molecule is C[C@H](C/C=C/[C@H](O)[C@@]1(C)CC[C@@H]1CN1C[C@@]2(CCCc3ccccc32)COc2ccc(C(=O)O)c(Cl)c21)S(N)(=O)=O. The number of aliphatic hydroxyl groups is 1. The Labute approximate surface area is 247 Å². The molecule has 41 heavy (non-hydrogen) atoms. The zero-order valence-electron chi connectivity index (χ0n) is 23.6.